The van der Waals surface area contributed by atoms with E-state index >= 15 is 0 Å². The lowest BCUT2D eigenvalue weighted by Gasteiger charge is -2.26. The third kappa shape index (κ3) is 7.23. The summed E-state index contributed by atoms with van der Waals surface area (Å²) in [5, 5.41) is 6.07. The van der Waals surface area contributed by atoms with Gasteiger partial charge in [0, 0.05) is 37.6 Å². The molecule has 2 amide bonds. The van der Waals surface area contributed by atoms with Crippen LogP contribution in [-0.2, 0) is 5.75 Å². The molecule has 2 aromatic rings. The summed E-state index contributed by atoms with van der Waals surface area (Å²) < 4.78 is 5.33. The first kappa shape index (κ1) is 24.1. The molecule has 0 aromatic heterocycles. The van der Waals surface area contributed by atoms with E-state index in [1.54, 1.807) is 12.1 Å². The Hall–Kier alpha value is -2.22. The number of ether oxygens (including phenoxy) is 1. The zero-order valence-electron chi connectivity index (χ0n) is 17.2. The SMILES string of the molecule is CC(C)c1ccc(NC(=O)Oc2ccc(CSC(=O)N3CCNCC3)cc2)cc1.Cl. The molecule has 0 saturated carbocycles. The molecule has 0 aliphatic carbocycles. The molecule has 0 unspecified atom stereocenters. The lowest BCUT2D eigenvalue weighted by atomic mass is 10.0. The fraction of sp³-hybridized carbons (Fsp3) is 0.364. The van der Waals surface area contributed by atoms with Crippen molar-refractivity contribution in [3.63, 3.8) is 0 Å². The van der Waals surface area contributed by atoms with Crippen molar-refractivity contribution in [1.29, 1.82) is 0 Å². The van der Waals surface area contributed by atoms with Crippen LogP contribution in [0.1, 0.15) is 30.9 Å². The molecule has 1 heterocycles. The van der Waals surface area contributed by atoms with E-state index in [0.717, 1.165) is 31.7 Å². The van der Waals surface area contributed by atoms with Crippen LogP contribution in [0.25, 0.3) is 0 Å². The Kier molecular flexibility index (Phi) is 9.49. The Balaban J connectivity index is 0.00000320. The molecule has 1 saturated heterocycles. The zero-order valence-corrected chi connectivity index (χ0v) is 18.9. The summed E-state index contributed by atoms with van der Waals surface area (Å²) >= 11 is 1.30. The number of thioether (sulfide) groups is 1. The van der Waals surface area contributed by atoms with Gasteiger partial charge in [0.15, 0.2) is 0 Å². The summed E-state index contributed by atoms with van der Waals surface area (Å²) in [7, 11) is 0. The Labute approximate surface area is 188 Å². The number of anilines is 1. The Morgan fingerprint density at radius 1 is 1.07 bits per heavy atom. The number of carbonyl (C=O) groups is 2. The fourth-order valence-corrected chi connectivity index (χ4v) is 3.79. The van der Waals surface area contributed by atoms with Crippen molar-refractivity contribution in [2.75, 3.05) is 31.5 Å². The second-order valence-electron chi connectivity index (χ2n) is 7.23. The molecule has 6 nitrogen and oxygen atoms in total. The quantitative estimate of drug-likeness (QED) is 0.664. The van der Waals surface area contributed by atoms with Gasteiger partial charge in [-0.25, -0.2) is 4.79 Å². The normalized spacial score (nSPS) is 13.5. The summed E-state index contributed by atoms with van der Waals surface area (Å²) in [5.41, 5.74) is 2.92. The molecule has 0 atom stereocenters. The molecule has 2 aromatic carbocycles. The Bertz CT molecular complexity index is 823. The lowest BCUT2D eigenvalue weighted by molar-refractivity contribution is 0.214. The van der Waals surface area contributed by atoms with Crippen LogP contribution in [0.3, 0.4) is 0 Å². The number of carbonyl (C=O) groups excluding carboxylic acids is 2. The van der Waals surface area contributed by atoms with Gasteiger partial charge in [-0.1, -0.05) is 49.9 Å². The highest BCUT2D eigenvalue weighted by Gasteiger charge is 2.16. The summed E-state index contributed by atoms with van der Waals surface area (Å²) in [4.78, 5) is 26.2. The number of benzene rings is 2. The molecule has 162 valence electrons. The molecule has 0 radical (unpaired) electrons. The summed E-state index contributed by atoms with van der Waals surface area (Å²) in [6, 6.07) is 15.0. The zero-order chi connectivity index (χ0) is 20.6. The van der Waals surface area contributed by atoms with Gasteiger partial charge in [0.2, 0.25) is 0 Å². The molecule has 1 fully saturated rings. The van der Waals surface area contributed by atoms with Crippen molar-refractivity contribution in [1.82, 2.24) is 10.2 Å². The van der Waals surface area contributed by atoms with Crippen molar-refractivity contribution >= 4 is 41.2 Å². The summed E-state index contributed by atoms with van der Waals surface area (Å²) in [6.45, 7) is 7.46. The third-order valence-corrected chi connectivity index (χ3v) is 5.68. The van der Waals surface area contributed by atoms with E-state index in [1.807, 2.05) is 41.3 Å². The van der Waals surface area contributed by atoms with Crippen molar-refractivity contribution in [2.24, 2.45) is 0 Å². The van der Waals surface area contributed by atoms with Crippen molar-refractivity contribution < 1.29 is 14.3 Å². The maximum absolute atomic E-state index is 12.2. The van der Waals surface area contributed by atoms with E-state index in [0.29, 0.717) is 23.1 Å². The van der Waals surface area contributed by atoms with Crippen molar-refractivity contribution in [2.45, 2.75) is 25.5 Å². The van der Waals surface area contributed by atoms with E-state index in [2.05, 4.69) is 24.5 Å². The monoisotopic (exact) mass is 449 g/mol. The van der Waals surface area contributed by atoms with E-state index in [9.17, 15) is 9.59 Å². The number of nitrogens with zero attached hydrogens (tertiary/aromatic N) is 1. The van der Waals surface area contributed by atoms with Crippen LogP contribution in [0.4, 0.5) is 15.3 Å². The van der Waals surface area contributed by atoms with E-state index in [4.69, 9.17) is 4.74 Å². The van der Waals surface area contributed by atoms with Gasteiger partial charge in [0.1, 0.15) is 5.75 Å². The maximum Gasteiger partial charge on any atom is 0.417 e. The Morgan fingerprint density at radius 3 is 2.30 bits per heavy atom. The molecular weight excluding hydrogens is 422 g/mol. The number of hydrogen-bond acceptors (Lipinski definition) is 5. The van der Waals surface area contributed by atoms with Crippen molar-refractivity contribution in [3.05, 3.63) is 59.7 Å². The van der Waals surface area contributed by atoms with Gasteiger partial charge >= 0.3 is 6.09 Å². The number of halogens is 1. The minimum absolute atomic E-state index is 0. The second kappa shape index (κ2) is 11.8. The molecule has 8 heteroatoms. The highest BCUT2D eigenvalue weighted by molar-refractivity contribution is 8.12. The van der Waals surface area contributed by atoms with E-state index < -0.39 is 6.09 Å². The number of piperazine rings is 1. The predicted molar refractivity (Wildman–Crippen MR) is 125 cm³/mol. The second-order valence-corrected chi connectivity index (χ2v) is 8.15. The van der Waals surface area contributed by atoms with Crippen LogP contribution >= 0.6 is 24.2 Å². The van der Waals surface area contributed by atoms with E-state index in [1.165, 1.54) is 17.3 Å². The molecule has 1 aliphatic heterocycles. The molecule has 0 spiro atoms. The molecule has 0 bridgehead atoms. The molecule has 3 rings (SSSR count). The summed E-state index contributed by atoms with van der Waals surface area (Å²) in [6.07, 6.45) is -0.529. The van der Waals surface area contributed by atoms with Gasteiger partial charge < -0.3 is 15.0 Å². The van der Waals surface area contributed by atoms with Gasteiger partial charge in [0.05, 0.1) is 0 Å². The number of amides is 2. The fourth-order valence-electron chi connectivity index (χ4n) is 2.94. The van der Waals surface area contributed by atoms with Crippen LogP contribution in [0, 0.1) is 0 Å². The summed E-state index contributed by atoms with van der Waals surface area (Å²) in [5.74, 6) is 1.50. The van der Waals surface area contributed by atoms with Crippen LogP contribution < -0.4 is 15.4 Å². The molecule has 2 N–H and O–H groups in total. The molecule has 1 aliphatic rings. The number of nitrogens with one attached hydrogen (secondary N) is 2. The average Bonchev–Trinajstić information content (AvgIpc) is 2.74. The molecular formula is C22H28ClN3O3S. The van der Waals surface area contributed by atoms with Gasteiger partial charge in [0.25, 0.3) is 5.24 Å². The topological polar surface area (TPSA) is 70.7 Å². The minimum atomic E-state index is -0.529. The van der Waals surface area contributed by atoms with Gasteiger partial charge in [-0.3, -0.25) is 10.1 Å². The standard InChI is InChI=1S/C22H27N3O3S.ClH/c1-16(2)18-5-7-19(8-6-18)24-21(26)28-20-9-3-17(4-10-20)15-29-22(27)25-13-11-23-12-14-25;/h3-10,16,23H,11-15H2,1-2H3,(H,24,26);1H. The highest BCUT2D eigenvalue weighted by Crippen LogP contribution is 2.21. The average molecular weight is 450 g/mol. The largest absolute Gasteiger partial charge is 0.417 e. The first-order valence-electron chi connectivity index (χ1n) is 9.81. The Morgan fingerprint density at radius 2 is 1.70 bits per heavy atom. The molecule has 30 heavy (non-hydrogen) atoms. The predicted octanol–water partition coefficient (Wildman–Crippen LogP) is 5.10. The highest BCUT2D eigenvalue weighted by atomic mass is 35.5. The van der Waals surface area contributed by atoms with Crippen LogP contribution in [-0.4, -0.2) is 42.4 Å². The van der Waals surface area contributed by atoms with E-state index in [-0.39, 0.29) is 17.6 Å². The lowest BCUT2D eigenvalue weighted by Crippen LogP contribution is -2.45. The number of hydrogen-bond donors (Lipinski definition) is 2. The smallest absolute Gasteiger partial charge is 0.410 e. The first-order chi connectivity index (χ1) is 14.0. The minimum Gasteiger partial charge on any atom is -0.410 e. The van der Waals surface area contributed by atoms with Gasteiger partial charge in [-0.15, -0.1) is 12.4 Å². The maximum atomic E-state index is 12.2. The van der Waals surface area contributed by atoms with Gasteiger partial charge in [-0.2, -0.15) is 0 Å². The van der Waals surface area contributed by atoms with Crippen LogP contribution in [0.2, 0.25) is 0 Å². The third-order valence-electron chi connectivity index (χ3n) is 4.70. The van der Waals surface area contributed by atoms with Gasteiger partial charge in [-0.05, 0) is 41.3 Å². The van der Waals surface area contributed by atoms with Crippen molar-refractivity contribution in [3.8, 4) is 5.75 Å². The van der Waals surface area contributed by atoms with Crippen LogP contribution in [0.5, 0.6) is 5.75 Å². The van der Waals surface area contributed by atoms with Crippen LogP contribution in [0.15, 0.2) is 48.5 Å². The number of rotatable bonds is 5. The first-order valence-corrected chi connectivity index (χ1v) is 10.8.